The maximum absolute atomic E-state index is 13.4. The van der Waals surface area contributed by atoms with E-state index in [4.69, 9.17) is 21.4 Å². The minimum Gasteiger partial charge on any atom is -0.383 e. The van der Waals surface area contributed by atoms with E-state index in [1.807, 2.05) is 20.8 Å². The lowest BCUT2D eigenvalue weighted by Gasteiger charge is -2.30. The SMILES string of the molecule is CC.CC1CCC([C@](C)(O)c2ccc(Cl)c(F)c2)O1.COC(C)(C)O. The summed E-state index contributed by atoms with van der Waals surface area (Å²) in [5.74, 6) is -1.48. The van der Waals surface area contributed by atoms with Gasteiger partial charge in [-0.05, 0) is 58.2 Å². The Morgan fingerprint density at radius 2 is 1.72 bits per heavy atom. The first-order chi connectivity index (χ1) is 11.5. The number of benzene rings is 1. The number of ether oxygens (including phenoxy) is 2. The monoisotopic (exact) mass is 378 g/mol. The molecule has 6 heteroatoms. The first kappa shape index (κ1) is 24.3. The van der Waals surface area contributed by atoms with Crippen LogP contribution in [0.2, 0.25) is 5.02 Å². The third-order valence-corrected chi connectivity index (χ3v) is 4.17. The van der Waals surface area contributed by atoms with Crippen molar-refractivity contribution in [3.63, 3.8) is 0 Å². The van der Waals surface area contributed by atoms with E-state index in [9.17, 15) is 9.50 Å². The molecule has 146 valence electrons. The number of rotatable bonds is 3. The maximum atomic E-state index is 13.4. The van der Waals surface area contributed by atoms with Crippen LogP contribution in [0.25, 0.3) is 0 Å². The number of aliphatic hydroxyl groups is 2. The first-order valence-electron chi connectivity index (χ1n) is 8.58. The van der Waals surface area contributed by atoms with E-state index < -0.39 is 17.2 Å². The molecule has 0 bridgehead atoms. The predicted molar refractivity (Wildman–Crippen MR) is 99.2 cm³/mol. The van der Waals surface area contributed by atoms with Gasteiger partial charge in [-0.1, -0.05) is 31.5 Å². The van der Waals surface area contributed by atoms with E-state index in [1.165, 1.54) is 19.2 Å². The van der Waals surface area contributed by atoms with Gasteiger partial charge in [-0.15, -0.1) is 0 Å². The van der Waals surface area contributed by atoms with Crippen LogP contribution in [0.4, 0.5) is 4.39 Å². The molecule has 2 rings (SSSR count). The lowest BCUT2D eigenvalue weighted by atomic mass is 9.88. The van der Waals surface area contributed by atoms with Crippen molar-refractivity contribution in [2.45, 2.75) is 78.0 Å². The lowest BCUT2D eigenvalue weighted by Crippen LogP contribution is -2.36. The molecular formula is C19H32ClFO4. The molecule has 0 saturated carbocycles. The standard InChI is InChI=1S/C13H16ClFO2.C4H10O2.C2H6/c1-8-3-6-12(17-8)13(2,16)9-4-5-10(14)11(15)7-9;1-4(2,5)6-3;1-2/h4-5,7-8,12,16H,3,6H2,1-2H3;5H,1-3H3;1-2H3/t8?,12?,13-;;/m1../s1. The molecule has 2 N–H and O–H groups in total. The Labute approximate surface area is 155 Å². The zero-order valence-corrected chi connectivity index (χ0v) is 17.0. The number of methoxy groups -OCH3 is 1. The van der Waals surface area contributed by atoms with Crippen LogP contribution in [0.1, 0.15) is 59.9 Å². The Balaban J connectivity index is 0.000000614. The zero-order valence-electron chi connectivity index (χ0n) is 16.3. The first-order valence-corrected chi connectivity index (χ1v) is 8.96. The summed E-state index contributed by atoms with van der Waals surface area (Å²) in [6.45, 7) is 10.8. The van der Waals surface area contributed by atoms with E-state index in [1.54, 1.807) is 26.8 Å². The molecule has 4 nitrogen and oxygen atoms in total. The summed E-state index contributed by atoms with van der Waals surface area (Å²) in [5, 5.41) is 19.1. The van der Waals surface area contributed by atoms with Crippen molar-refractivity contribution < 1.29 is 24.1 Å². The van der Waals surface area contributed by atoms with Crippen molar-refractivity contribution in [1.29, 1.82) is 0 Å². The molecule has 1 aliphatic rings. The van der Waals surface area contributed by atoms with Crippen LogP contribution in [-0.4, -0.2) is 35.3 Å². The van der Waals surface area contributed by atoms with Crippen LogP contribution in [0, 0.1) is 5.82 Å². The van der Waals surface area contributed by atoms with Gasteiger partial charge in [-0.2, -0.15) is 0 Å². The van der Waals surface area contributed by atoms with Crippen molar-refractivity contribution in [3.8, 4) is 0 Å². The molecule has 1 aromatic rings. The third-order valence-electron chi connectivity index (χ3n) is 3.86. The second-order valence-electron chi connectivity index (χ2n) is 6.44. The fraction of sp³-hybridized carbons (Fsp3) is 0.684. The van der Waals surface area contributed by atoms with Crippen molar-refractivity contribution in [2.75, 3.05) is 7.11 Å². The van der Waals surface area contributed by atoms with Gasteiger partial charge in [0.15, 0.2) is 5.79 Å². The van der Waals surface area contributed by atoms with Gasteiger partial charge in [0, 0.05) is 7.11 Å². The maximum Gasteiger partial charge on any atom is 0.159 e. The summed E-state index contributed by atoms with van der Waals surface area (Å²) in [7, 11) is 1.46. The Hall–Kier alpha value is -0.720. The van der Waals surface area contributed by atoms with E-state index in [0.29, 0.717) is 5.56 Å². The van der Waals surface area contributed by atoms with Gasteiger partial charge < -0.3 is 19.7 Å². The highest BCUT2D eigenvalue weighted by Crippen LogP contribution is 2.35. The molecule has 1 heterocycles. The van der Waals surface area contributed by atoms with E-state index in [-0.39, 0.29) is 17.2 Å². The van der Waals surface area contributed by atoms with Gasteiger partial charge >= 0.3 is 0 Å². The minimum absolute atomic E-state index is 0.0604. The molecule has 1 fully saturated rings. The predicted octanol–water partition coefficient (Wildman–Crippen LogP) is 4.64. The molecule has 1 saturated heterocycles. The Kier molecular flexibility index (Phi) is 10.1. The highest BCUT2D eigenvalue weighted by Gasteiger charge is 2.39. The van der Waals surface area contributed by atoms with Gasteiger partial charge in [0.05, 0.1) is 17.2 Å². The molecule has 0 amide bonds. The van der Waals surface area contributed by atoms with Crippen molar-refractivity contribution in [2.24, 2.45) is 0 Å². The van der Waals surface area contributed by atoms with Gasteiger partial charge in [0.1, 0.15) is 11.4 Å². The molecule has 0 aliphatic carbocycles. The van der Waals surface area contributed by atoms with E-state index >= 15 is 0 Å². The van der Waals surface area contributed by atoms with Gasteiger partial charge in [-0.25, -0.2) is 4.39 Å². The molecule has 2 unspecified atom stereocenters. The smallest absolute Gasteiger partial charge is 0.159 e. The van der Waals surface area contributed by atoms with E-state index in [0.717, 1.165) is 12.8 Å². The van der Waals surface area contributed by atoms with Crippen molar-refractivity contribution >= 4 is 11.6 Å². The van der Waals surface area contributed by atoms with Gasteiger partial charge in [-0.3, -0.25) is 0 Å². The second-order valence-corrected chi connectivity index (χ2v) is 6.85. The summed E-state index contributed by atoms with van der Waals surface area (Å²) in [6, 6.07) is 4.37. The molecule has 1 aromatic carbocycles. The van der Waals surface area contributed by atoms with Gasteiger partial charge in [0.2, 0.25) is 0 Å². The Morgan fingerprint density at radius 1 is 1.20 bits per heavy atom. The topological polar surface area (TPSA) is 58.9 Å². The summed E-state index contributed by atoms with van der Waals surface area (Å²) >= 11 is 5.63. The fourth-order valence-electron chi connectivity index (χ4n) is 2.21. The van der Waals surface area contributed by atoms with Crippen molar-refractivity contribution in [3.05, 3.63) is 34.6 Å². The van der Waals surface area contributed by atoms with E-state index in [2.05, 4.69) is 4.74 Å². The second kappa shape index (κ2) is 10.4. The normalized spacial score (nSPS) is 22.2. The summed E-state index contributed by atoms with van der Waals surface area (Å²) < 4.78 is 23.5. The zero-order chi connectivity index (χ0) is 19.8. The summed E-state index contributed by atoms with van der Waals surface area (Å²) in [5.41, 5.74) is -0.686. The fourth-order valence-corrected chi connectivity index (χ4v) is 2.33. The molecule has 0 aromatic heterocycles. The number of hydrogen-bond donors (Lipinski definition) is 2. The van der Waals surface area contributed by atoms with Crippen LogP contribution in [-0.2, 0) is 15.1 Å². The third kappa shape index (κ3) is 8.01. The van der Waals surface area contributed by atoms with Gasteiger partial charge in [0.25, 0.3) is 0 Å². The molecule has 0 spiro atoms. The largest absolute Gasteiger partial charge is 0.383 e. The lowest BCUT2D eigenvalue weighted by molar-refractivity contribution is -0.155. The summed E-state index contributed by atoms with van der Waals surface area (Å²) in [6.07, 6.45) is 1.54. The van der Waals surface area contributed by atoms with Crippen molar-refractivity contribution in [1.82, 2.24) is 0 Å². The molecule has 0 radical (unpaired) electrons. The van der Waals surface area contributed by atoms with Crippen LogP contribution < -0.4 is 0 Å². The highest BCUT2D eigenvalue weighted by atomic mass is 35.5. The van der Waals surface area contributed by atoms with Crippen LogP contribution in [0.3, 0.4) is 0 Å². The average molecular weight is 379 g/mol. The molecule has 25 heavy (non-hydrogen) atoms. The summed E-state index contributed by atoms with van der Waals surface area (Å²) in [4.78, 5) is 0. The number of hydrogen-bond acceptors (Lipinski definition) is 4. The van der Waals surface area contributed by atoms with Crippen LogP contribution in [0.5, 0.6) is 0 Å². The molecular weight excluding hydrogens is 347 g/mol. The highest BCUT2D eigenvalue weighted by molar-refractivity contribution is 6.30. The quantitative estimate of drug-likeness (QED) is 0.752. The van der Waals surface area contributed by atoms with Crippen LogP contribution in [0.15, 0.2) is 18.2 Å². The Bertz CT molecular complexity index is 515. The minimum atomic E-state index is -1.18. The molecule has 3 atom stereocenters. The molecule has 1 aliphatic heterocycles. The number of halogens is 2. The Morgan fingerprint density at radius 3 is 2.08 bits per heavy atom. The van der Waals surface area contributed by atoms with Crippen LogP contribution >= 0.6 is 11.6 Å². The average Bonchev–Trinajstić information content (AvgIpc) is 2.99.